The Hall–Kier alpha value is -1.78. The van der Waals surface area contributed by atoms with Gasteiger partial charge in [-0.15, -0.1) is 0 Å². The molecular weight excluding hydrogens is 304 g/mol. The quantitative estimate of drug-likeness (QED) is 0.682. The van der Waals surface area contributed by atoms with E-state index in [2.05, 4.69) is 46.9 Å². The normalized spacial score (nSPS) is 12.7. The van der Waals surface area contributed by atoms with Gasteiger partial charge >= 0.3 is 0 Å². The van der Waals surface area contributed by atoms with E-state index < -0.39 is 10.0 Å². The van der Waals surface area contributed by atoms with Gasteiger partial charge in [0.25, 0.3) is 0 Å². The summed E-state index contributed by atoms with van der Waals surface area (Å²) < 4.78 is 5.89. The largest absolute Gasteiger partial charge is 0.376 e. The van der Waals surface area contributed by atoms with Crippen LogP contribution in [0.15, 0.2) is 53.8 Å². The highest BCUT2D eigenvalue weighted by Crippen LogP contribution is 2.48. The highest BCUT2D eigenvalue weighted by atomic mass is 32.3. The Morgan fingerprint density at radius 1 is 1.09 bits per heavy atom. The summed E-state index contributed by atoms with van der Waals surface area (Å²) >= 11 is 0. The lowest BCUT2D eigenvalue weighted by atomic mass is 10.1. The Balaban J connectivity index is 1.74. The van der Waals surface area contributed by atoms with Crippen LogP contribution in [0.4, 0.5) is 0 Å². The van der Waals surface area contributed by atoms with Crippen molar-refractivity contribution in [1.29, 1.82) is 0 Å². The maximum Gasteiger partial charge on any atom is 0.0717 e. The monoisotopic (exact) mass is 328 g/mol. The van der Waals surface area contributed by atoms with Crippen molar-refractivity contribution in [3.05, 3.63) is 59.9 Å². The molecule has 3 aromatic rings. The number of rotatable bonds is 6. The molecule has 0 saturated heterocycles. The minimum Gasteiger partial charge on any atom is -0.376 e. The number of fused-ring (bicyclic) bond motifs is 1. The van der Waals surface area contributed by atoms with E-state index in [0.29, 0.717) is 6.61 Å². The molecule has 0 aliphatic rings. The second-order valence-electron chi connectivity index (χ2n) is 6.48. The predicted molar refractivity (Wildman–Crippen MR) is 99.5 cm³/mol. The van der Waals surface area contributed by atoms with Gasteiger partial charge in [-0.05, 0) is 42.4 Å². The summed E-state index contributed by atoms with van der Waals surface area (Å²) in [7, 11) is -0.824. The summed E-state index contributed by atoms with van der Waals surface area (Å²) in [5.41, 5.74) is 3.73. The Labute approximate surface area is 139 Å². The molecule has 122 valence electrons. The third-order valence-electron chi connectivity index (χ3n) is 3.89. The van der Waals surface area contributed by atoms with E-state index in [0.717, 1.165) is 18.5 Å². The lowest BCUT2D eigenvalue weighted by Crippen LogP contribution is -2.03. The van der Waals surface area contributed by atoms with Crippen molar-refractivity contribution in [3.63, 3.8) is 0 Å². The zero-order valence-electron chi connectivity index (χ0n) is 14.0. The van der Waals surface area contributed by atoms with E-state index in [1.54, 1.807) is 0 Å². The molecule has 3 nitrogen and oxygen atoms in total. The van der Waals surface area contributed by atoms with Gasteiger partial charge in [-0.1, -0.05) is 30.3 Å². The molecule has 1 aromatic carbocycles. The van der Waals surface area contributed by atoms with Gasteiger partial charge in [0.15, 0.2) is 0 Å². The molecule has 2 heterocycles. The molecule has 0 atom stereocenters. The number of pyridine rings is 1. The third kappa shape index (κ3) is 3.77. The molecule has 0 spiro atoms. The first-order valence-electron chi connectivity index (χ1n) is 7.80. The van der Waals surface area contributed by atoms with Gasteiger partial charge in [0, 0.05) is 11.6 Å². The molecule has 0 radical (unpaired) electrons. The van der Waals surface area contributed by atoms with Crippen LogP contribution >= 0.6 is 10.0 Å². The summed E-state index contributed by atoms with van der Waals surface area (Å²) in [6.45, 7) is 1.40. The molecule has 2 aromatic heterocycles. The first-order valence-corrected chi connectivity index (χ1v) is 10.7. The van der Waals surface area contributed by atoms with Crippen molar-refractivity contribution >= 4 is 20.9 Å². The molecule has 1 N–H and O–H groups in total. The number of nitrogens with one attached hydrogen (secondary N) is 1. The van der Waals surface area contributed by atoms with E-state index in [1.807, 2.05) is 30.6 Å². The fourth-order valence-corrected chi connectivity index (χ4v) is 4.15. The van der Waals surface area contributed by atoms with Crippen LogP contribution in [0.3, 0.4) is 0 Å². The molecule has 0 amide bonds. The van der Waals surface area contributed by atoms with Gasteiger partial charge in [0.2, 0.25) is 0 Å². The van der Waals surface area contributed by atoms with Crippen LogP contribution in [-0.2, 0) is 17.8 Å². The van der Waals surface area contributed by atoms with Crippen molar-refractivity contribution in [2.75, 3.05) is 25.4 Å². The number of hydrogen-bond acceptors (Lipinski definition) is 2. The fourth-order valence-electron chi connectivity index (χ4n) is 2.79. The summed E-state index contributed by atoms with van der Waals surface area (Å²) in [4.78, 5) is 7.81. The van der Waals surface area contributed by atoms with Crippen molar-refractivity contribution < 1.29 is 4.74 Å². The van der Waals surface area contributed by atoms with Crippen LogP contribution in [0, 0.1) is 0 Å². The van der Waals surface area contributed by atoms with E-state index >= 15 is 0 Å². The van der Waals surface area contributed by atoms with Gasteiger partial charge in [-0.25, -0.2) is 10.0 Å². The van der Waals surface area contributed by atoms with Crippen LogP contribution in [-0.4, -0.2) is 35.3 Å². The van der Waals surface area contributed by atoms with Gasteiger partial charge in [-0.3, -0.25) is 4.98 Å². The first-order chi connectivity index (χ1) is 11.1. The minimum absolute atomic E-state index is 0.669. The Bertz CT molecular complexity index is 775. The Morgan fingerprint density at radius 2 is 1.87 bits per heavy atom. The molecule has 4 heteroatoms. The number of aromatic nitrogens is 2. The van der Waals surface area contributed by atoms with Crippen molar-refractivity contribution in [1.82, 2.24) is 9.97 Å². The standard InChI is InChI=1S/C19H24N2OS/c1-23(2,3)19-17(16-9-11-20-13-18(16)21-19)10-12-22-14-15-7-5-4-6-8-15/h4-9,11,13,21H,10,12,14H2,1-3H3. The molecule has 0 aliphatic heterocycles. The van der Waals surface area contributed by atoms with Crippen molar-refractivity contribution in [3.8, 4) is 0 Å². The predicted octanol–water partition coefficient (Wildman–Crippen LogP) is 4.38. The topological polar surface area (TPSA) is 37.9 Å². The fraction of sp³-hybridized carbons (Fsp3) is 0.316. The SMILES string of the molecule is CS(C)(C)c1[nH]c2cnccc2c1CCOCc1ccccc1. The molecule has 23 heavy (non-hydrogen) atoms. The maximum atomic E-state index is 5.89. The average Bonchev–Trinajstić information content (AvgIpc) is 2.92. The second kappa shape index (κ2) is 6.77. The average molecular weight is 328 g/mol. The van der Waals surface area contributed by atoms with E-state index in [9.17, 15) is 0 Å². The van der Waals surface area contributed by atoms with Crippen LogP contribution < -0.4 is 0 Å². The van der Waals surface area contributed by atoms with Gasteiger partial charge < -0.3 is 9.72 Å². The van der Waals surface area contributed by atoms with E-state index in [-0.39, 0.29) is 0 Å². The third-order valence-corrected chi connectivity index (χ3v) is 5.46. The number of aromatic amines is 1. The van der Waals surface area contributed by atoms with Gasteiger partial charge in [0.1, 0.15) is 0 Å². The summed E-state index contributed by atoms with van der Waals surface area (Å²) in [5.74, 6) is 0. The lowest BCUT2D eigenvalue weighted by Gasteiger charge is -2.25. The minimum atomic E-state index is -0.824. The molecular formula is C19H24N2OS. The highest BCUT2D eigenvalue weighted by Gasteiger charge is 2.18. The molecule has 0 aliphatic carbocycles. The molecule has 3 rings (SSSR count). The number of H-pyrrole nitrogens is 1. The van der Waals surface area contributed by atoms with E-state index in [4.69, 9.17) is 4.74 Å². The summed E-state index contributed by atoms with van der Waals surface area (Å²) in [6.07, 6.45) is 11.7. The summed E-state index contributed by atoms with van der Waals surface area (Å²) in [6, 6.07) is 12.4. The Morgan fingerprint density at radius 3 is 2.61 bits per heavy atom. The number of hydrogen-bond donors (Lipinski definition) is 1. The van der Waals surface area contributed by atoms with E-state index in [1.165, 1.54) is 21.5 Å². The lowest BCUT2D eigenvalue weighted by molar-refractivity contribution is 0.123. The smallest absolute Gasteiger partial charge is 0.0717 e. The van der Waals surface area contributed by atoms with Crippen LogP contribution in [0.1, 0.15) is 11.1 Å². The van der Waals surface area contributed by atoms with Crippen LogP contribution in [0.5, 0.6) is 0 Å². The second-order valence-corrected chi connectivity index (χ2v) is 10.6. The van der Waals surface area contributed by atoms with Crippen molar-refractivity contribution in [2.24, 2.45) is 0 Å². The van der Waals surface area contributed by atoms with Gasteiger partial charge in [0.05, 0.1) is 30.0 Å². The summed E-state index contributed by atoms with van der Waals surface area (Å²) in [5, 5.41) is 2.64. The maximum absolute atomic E-state index is 5.89. The zero-order valence-corrected chi connectivity index (χ0v) is 14.8. The zero-order chi connectivity index (χ0) is 16.3. The molecule has 0 unspecified atom stereocenters. The molecule has 0 saturated carbocycles. The Kier molecular flexibility index (Phi) is 4.74. The van der Waals surface area contributed by atoms with Gasteiger partial charge in [-0.2, -0.15) is 0 Å². The molecule has 0 bridgehead atoms. The number of benzene rings is 1. The first kappa shape index (κ1) is 16.1. The van der Waals surface area contributed by atoms with Crippen LogP contribution in [0.2, 0.25) is 0 Å². The number of nitrogens with zero attached hydrogens (tertiary/aromatic N) is 1. The highest BCUT2D eigenvalue weighted by molar-refractivity contribution is 8.32. The number of ether oxygens (including phenoxy) is 1. The van der Waals surface area contributed by atoms with Crippen LogP contribution in [0.25, 0.3) is 10.9 Å². The van der Waals surface area contributed by atoms with Crippen molar-refractivity contribution in [2.45, 2.75) is 18.1 Å². The molecule has 0 fully saturated rings.